The second kappa shape index (κ2) is 2.71. The van der Waals surface area contributed by atoms with Gasteiger partial charge < -0.3 is 4.74 Å². The Bertz CT molecular complexity index is 70.8. The highest BCUT2D eigenvalue weighted by molar-refractivity contribution is 7.80. The first-order chi connectivity index (χ1) is 3.80. The number of thiol groups is 1. The molecule has 1 atom stereocenters. The van der Waals surface area contributed by atoms with Crippen LogP contribution in [0, 0.1) is 0 Å². The van der Waals surface area contributed by atoms with E-state index < -0.39 is 0 Å². The van der Waals surface area contributed by atoms with Gasteiger partial charge in [-0.25, -0.2) is 0 Å². The van der Waals surface area contributed by atoms with Gasteiger partial charge in [-0.15, -0.1) is 0 Å². The van der Waals surface area contributed by atoms with Crippen LogP contribution in [-0.4, -0.2) is 30.2 Å². The number of rotatable bonds is 1. The molecule has 1 aliphatic rings. The monoisotopic (exact) mass is 133 g/mol. The highest BCUT2D eigenvalue weighted by Crippen LogP contribution is 2.06. The molecular formula is C5H11NOS. The van der Waals surface area contributed by atoms with Crippen molar-refractivity contribution in [2.45, 2.75) is 12.3 Å². The number of nitrogens with zero attached hydrogens (tertiary/aromatic N) is 1. The van der Waals surface area contributed by atoms with Gasteiger partial charge in [-0.05, 0) is 6.92 Å². The third kappa shape index (κ3) is 1.37. The molecule has 3 heteroatoms. The Morgan fingerprint density at radius 2 is 2.50 bits per heavy atom. The lowest BCUT2D eigenvalue weighted by atomic mass is 10.6. The smallest absolute Gasteiger partial charge is 0.1000 e. The summed E-state index contributed by atoms with van der Waals surface area (Å²) in [6.07, 6.45) is 0. The van der Waals surface area contributed by atoms with E-state index in [-0.39, 0.29) is 0 Å². The van der Waals surface area contributed by atoms with E-state index in [1.165, 1.54) is 0 Å². The zero-order valence-corrected chi connectivity index (χ0v) is 5.90. The lowest BCUT2D eigenvalue weighted by Crippen LogP contribution is -2.25. The van der Waals surface area contributed by atoms with Crippen LogP contribution in [0.5, 0.6) is 0 Å². The molecule has 0 aliphatic carbocycles. The van der Waals surface area contributed by atoms with Crippen LogP contribution in [0.15, 0.2) is 0 Å². The van der Waals surface area contributed by atoms with Crippen molar-refractivity contribution in [2.24, 2.45) is 0 Å². The van der Waals surface area contributed by atoms with Gasteiger partial charge in [0.15, 0.2) is 0 Å². The molecule has 0 aromatic carbocycles. The van der Waals surface area contributed by atoms with E-state index in [4.69, 9.17) is 4.74 Å². The molecule has 0 saturated carbocycles. The van der Waals surface area contributed by atoms with Gasteiger partial charge in [0.25, 0.3) is 0 Å². The molecule has 1 aliphatic heterocycles. The van der Waals surface area contributed by atoms with Crippen LogP contribution >= 0.6 is 12.6 Å². The van der Waals surface area contributed by atoms with Crippen LogP contribution < -0.4 is 0 Å². The van der Waals surface area contributed by atoms with Crippen molar-refractivity contribution >= 4 is 12.6 Å². The minimum Gasteiger partial charge on any atom is -0.365 e. The highest BCUT2D eigenvalue weighted by atomic mass is 32.1. The van der Waals surface area contributed by atoms with Gasteiger partial charge in [-0.3, -0.25) is 4.90 Å². The van der Waals surface area contributed by atoms with Gasteiger partial charge in [0.05, 0.1) is 18.7 Å². The lowest BCUT2D eigenvalue weighted by Gasteiger charge is -2.15. The Kier molecular flexibility index (Phi) is 2.16. The molecule has 0 amide bonds. The Morgan fingerprint density at radius 3 is 2.75 bits per heavy atom. The Labute approximate surface area is 55.2 Å². The molecule has 0 aromatic heterocycles. The highest BCUT2D eigenvalue weighted by Gasteiger charge is 2.14. The normalized spacial score (nSPS) is 26.2. The molecule has 1 fully saturated rings. The maximum absolute atomic E-state index is 5.10. The van der Waals surface area contributed by atoms with Crippen LogP contribution in [0.2, 0.25) is 0 Å². The molecule has 48 valence electrons. The maximum Gasteiger partial charge on any atom is 0.1000 e. The Balaban J connectivity index is 2.24. The van der Waals surface area contributed by atoms with E-state index in [1.54, 1.807) is 0 Å². The van der Waals surface area contributed by atoms with Crippen molar-refractivity contribution < 1.29 is 4.74 Å². The molecule has 0 aromatic rings. The first-order valence-corrected chi connectivity index (χ1v) is 3.32. The average Bonchev–Trinajstić information content (AvgIpc) is 2.12. The van der Waals surface area contributed by atoms with Crippen molar-refractivity contribution in [1.82, 2.24) is 4.90 Å². The van der Waals surface area contributed by atoms with E-state index in [0.29, 0.717) is 5.37 Å². The first kappa shape index (κ1) is 6.39. The van der Waals surface area contributed by atoms with Crippen LogP contribution in [0.3, 0.4) is 0 Å². The van der Waals surface area contributed by atoms with Crippen LogP contribution in [0.4, 0.5) is 0 Å². The van der Waals surface area contributed by atoms with Crippen molar-refractivity contribution in [3.63, 3.8) is 0 Å². The second-order valence-electron chi connectivity index (χ2n) is 1.98. The van der Waals surface area contributed by atoms with E-state index in [1.807, 2.05) is 0 Å². The summed E-state index contributed by atoms with van der Waals surface area (Å²) in [6, 6.07) is 0. The fourth-order valence-corrected chi connectivity index (χ4v) is 0.905. The van der Waals surface area contributed by atoms with Gasteiger partial charge >= 0.3 is 0 Å². The molecule has 0 N–H and O–H groups in total. The van der Waals surface area contributed by atoms with E-state index in [2.05, 4.69) is 24.5 Å². The maximum atomic E-state index is 5.10. The topological polar surface area (TPSA) is 12.5 Å². The molecule has 0 spiro atoms. The van der Waals surface area contributed by atoms with Crippen LogP contribution in [-0.2, 0) is 4.74 Å². The molecule has 1 rings (SSSR count). The SMILES string of the molecule is CC(S)N1CCOC1. The molecule has 1 heterocycles. The van der Waals surface area contributed by atoms with Crippen LogP contribution in [0.25, 0.3) is 0 Å². The molecule has 0 radical (unpaired) electrons. The Hall–Kier alpha value is 0.270. The fraction of sp³-hybridized carbons (Fsp3) is 1.00. The van der Waals surface area contributed by atoms with Gasteiger partial charge in [0.2, 0.25) is 0 Å². The molecule has 0 bridgehead atoms. The van der Waals surface area contributed by atoms with E-state index in [0.717, 1.165) is 19.9 Å². The molecular weight excluding hydrogens is 122 g/mol. The molecule has 8 heavy (non-hydrogen) atoms. The summed E-state index contributed by atoms with van der Waals surface area (Å²) in [6.45, 7) is 4.71. The minimum atomic E-state index is 0.345. The van der Waals surface area contributed by atoms with E-state index >= 15 is 0 Å². The van der Waals surface area contributed by atoms with Gasteiger partial charge in [0, 0.05) is 6.54 Å². The summed E-state index contributed by atoms with van der Waals surface area (Å²) < 4.78 is 5.10. The number of hydrogen-bond donors (Lipinski definition) is 1. The van der Waals surface area contributed by atoms with Crippen molar-refractivity contribution in [1.29, 1.82) is 0 Å². The fourth-order valence-electron chi connectivity index (χ4n) is 0.723. The third-order valence-electron chi connectivity index (χ3n) is 1.31. The predicted octanol–water partition coefficient (Wildman–Crippen LogP) is 0.552. The summed E-state index contributed by atoms with van der Waals surface area (Å²) in [5.41, 5.74) is 0. The Morgan fingerprint density at radius 1 is 1.75 bits per heavy atom. The zero-order chi connectivity index (χ0) is 5.98. The molecule has 1 saturated heterocycles. The van der Waals surface area contributed by atoms with Gasteiger partial charge in [-0.1, -0.05) is 0 Å². The lowest BCUT2D eigenvalue weighted by molar-refractivity contribution is 0.138. The summed E-state index contributed by atoms with van der Waals surface area (Å²) in [5, 5.41) is 0.345. The summed E-state index contributed by atoms with van der Waals surface area (Å²) in [5.74, 6) is 0. The van der Waals surface area contributed by atoms with Crippen LogP contribution in [0.1, 0.15) is 6.92 Å². The quantitative estimate of drug-likeness (QED) is 0.524. The summed E-state index contributed by atoms with van der Waals surface area (Å²) in [7, 11) is 0. The third-order valence-corrected chi connectivity index (χ3v) is 1.63. The largest absolute Gasteiger partial charge is 0.365 e. The zero-order valence-electron chi connectivity index (χ0n) is 5.00. The number of ether oxygens (including phenoxy) is 1. The minimum absolute atomic E-state index is 0.345. The van der Waals surface area contributed by atoms with Crippen molar-refractivity contribution in [3.8, 4) is 0 Å². The predicted molar refractivity (Wildman–Crippen MR) is 36.0 cm³/mol. The van der Waals surface area contributed by atoms with Gasteiger partial charge in [-0.2, -0.15) is 12.6 Å². The van der Waals surface area contributed by atoms with Crippen molar-refractivity contribution in [3.05, 3.63) is 0 Å². The molecule has 1 unspecified atom stereocenters. The number of hydrogen-bond acceptors (Lipinski definition) is 3. The van der Waals surface area contributed by atoms with Gasteiger partial charge in [0.1, 0.15) is 0 Å². The average molecular weight is 133 g/mol. The summed E-state index contributed by atoms with van der Waals surface area (Å²) in [4.78, 5) is 2.17. The standard InChI is InChI=1S/C5H11NOS/c1-5(8)6-2-3-7-4-6/h5,8H,2-4H2,1H3. The first-order valence-electron chi connectivity index (χ1n) is 2.80. The van der Waals surface area contributed by atoms with E-state index in [9.17, 15) is 0 Å². The summed E-state index contributed by atoms with van der Waals surface area (Å²) >= 11 is 4.24. The van der Waals surface area contributed by atoms with Crippen molar-refractivity contribution in [2.75, 3.05) is 19.9 Å². The molecule has 2 nitrogen and oxygen atoms in total. The second-order valence-corrected chi connectivity index (χ2v) is 2.73.